The van der Waals surface area contributed by atoms with Crippen molar-refractivity contribution < 1.29 is 29.3 Å². The van der Waals surface area contributed by atoms with E-state index in [2.05, 4.69) is 22.6 Å². The maximum Gasteiger partial charge on any atom is 0.335 e. The smallest absolute Gasteiger partial charge is 0.335 e. The Bertz CT molecular complexity index is 346. The van der Waals surface area contributed by atoms with Crippen LogP contribution in [0.1, 0.15) is 13.8 Å². The molecule has 0 heterocycles. The molecule has 0 aliphatic carbocycles. The molecule has 2 N–H and O–H groups in total. The van der Waals surface area contributed by atoms with Gasteiger partial charge in [0.1, 0.15) is 6.61 Å². The lowest BCUT2D eigenvalue weighted by molar-refractivity contribution is -0.237. The average molecular weight is 244 g/mol. The van der Waals surface area contributed by atoms with Crippen molar-refractivity contribution in [3.05, 3.63) is 24.3 Å². The molecule has 1 unspecified atom stereocenters. The van der Waals surface area contributed by atoms with Crippen LogP contribution in [0.25, 0.3) is 0 Å². The van der Waals surface area contributed by atoms with Gasteiger partial charge in [0.15, 0.2) is 6.61 Å². The number of ether oxygens (including phenoxy) is 2. The molecule has 0 fully saturated rings. The molecule has 6 heteroatoms. The van der Waals surface area contributed by atoms with Crippen LogP contribution in [0.5, 0.6) is 0 Å². The van der Waals surface area contributed by atoms with E-state index in [1.165, 1.54) is 13.8 Å². The van der Waals surface area contributed by atoms with Gasteiger partial charge < -0.3 is 19.7 Å². The van der Waals surface area contributed by atoms with Crippen LogP contribution in [0.15, 0.2) is 24.3 Å². The van der Waals surface area contributed by atoms with E-state index in [1.807, 2.05) is 0 Å². The highest BCUT2D eigenvalue weighted by Crippen LogP contribution is 2.11. The number of hydrogen-bond acceptors (Lipinski definition) is 6. The SMILES string of the molecule is C=C(C)C(=O)OCC(O)(CO)OC(=O)C(=C)C. The Balaban J connectivity index is 4.48. The van der Waals surface area contributed by atoms with Crippen molar-refractivity contribution in [3.63, 3.8) is 0 Å². The largest absolute Gasteiger partial charge is 0.455 e. The Labute approximate surface area is 99.1 Å². The standard InChI is InChI=1S/C11H16O6/c1-7(2)9(13)16-6-11(15,5-12)17-10(14)8(3)4/h12,15H,1,3,5-6H2,2,4H3. The molecule has 0 radical (unpaired) electrons. The van der Waals surface area contributed by atoms with Crippen LogP contribution in [0.2, 0.25) is 0 Å². The summed E-state index contributed by atoms with van der Waals surface area (Å²) in [6.45, 7) is 7.84. The first-order valence-electron chi connectivity index (χ1n) is 4.76. The van der Waals surface area contributed by atoms with E-state index in [4.69, 9.17) is 5.11 Å². The molecule has 0 saturated heterocycles. The number of aliphatic hydroxyl groups excluding tert-OH is 1. The lowest BCUT2D eigenvalue weighted by Crippen LogP contribution is -2.44. The maximum atomic E-state index is 11.1. The van der Waals surface area contributed by atoms with E-state index in [0.29, 0.717) is 0 Å². The first-order chi connectivity index (χ1) is 7.72. The number of aliphatic hydroxyl groups is 2. The van der Waals surface area contributed by atoms with Crippen LogP contribution in [0.4, 0.5) is 0 Å². The van der Waals surface area contributed by atoms with E-state index in [1.54, 1.807) is 0 Å². The summed E-state index contributed by atoms with van der Waals surface area (Å²) in [5.41, 5.74) is 0.166. The van der Waals surface area contributed by atoms with Crippen molar-refractivity contribution in [2.75, 3.05) is 13.2 Å². The molecule has 0 amide bonds. The summed E-state index contributed by atoms with van der Waals surface area (Å²) in [6, 6.07) is 0. The summed E-state index contributed by atoms with van der Waals surface area (Å²) >= 11 is 0. The van der Waals surface area contributed by atoms with Gasteiger partial charge >= 0.3 is 11.9 Å². The third-order valence-corrected chi connectivity index (χ3v) is 1.66. The summed E-state index contributed by atoms with van der Waals surface area (Å²) in [5, 5.41) is 18.5. The van der Waals surface area contributed by atoms with E-state index in [0.717, 1.165) is 0 Å². The molecule has 1 atom stereocenters. The van der Waals surface area contributed by atoms with Crippen LogP contribution in [0, 0.1) is 0 Å². The summed E-state index contributed by atoms with van der Waals surface area (Å²) in [7, 11) is 0. The zero-order valence-corrected chi connectivity index (χ0v) is 9.86. The second kappa shape index (κ2) is 6.17. The van der Waals surface area contributed by atoms with Gasteiger partial charge in [0.05, 0.1) is 0 Å². The van der Waals surface area contributed by atoms with Crippen LogP contribution in [0.3, 0.4) is 0 Å². The zero-order chi connectivity index (χ0) is 13.6. The molecule has 0 saturated carbocycles. The first kappa shape index (κ1) is 15.3. The van der Waals surface area contributed by atoms with Crippen molar-refractivity contribution in [3.8, 4) is 0 Å². The minimum atomic E-state index is -2.28. The van der Waals surface area contributed by atoms with E-state index in [9.17, 15) is 14.7 Å². The summed E-state index contributed by atoms with van der Waals surface area (Å²) in [5.74, 6) is -3.93. The molecule has 0 aromatic heterocycles. The van der Waals surface area contributed by atoms with Gasteiger partial charge in [0.2, 0.25) is 0 Å². The number of rotatable bonds is 6. The quantitative estimate of drug-likeness (QED) is 0.385. The molecule has 0 spiro atoms. The van der Waals surface area contributed by atoms with Crippen LogP contribution < -0.4 is 0 Å². The summed E-state index contributed by atoms with van der Waals surface area (Å²) in [4.78, 5) is 22.2. The van der Waals surface area contributed by atoms with Gasteiger partial charge in [-0.25, -0.2) is 9.59 Å². The van der Waals surface area contributed by atoms with Gasteiger partial charge in [0.25, 0.3) is 5.79 Å². The Hall–Kier alpha value is -1.66. The lowest BCUT2D eigenvalue weighted by atomic mass is 10.3. The number of hydrogen-bond donors (Lipinski definition) is 2. The molecule has 96 valence electrons. The molecule has 0 aromatic carbocycles. The average Bonchev–Trinajstić information content (AvgIpc) is 2.25. The predicted molar refractivity (Wildman–Crippen MR) is 58.7 cm³/mol. The topological polar surface area (TPSA) is 93.1 Å². The molecule has 0 aliphatic rings. The van der Waals surface area contributed by atoms with Crippen molar-refractivity contribution >= 4 is 11.9 Å². The fraction of sp³-hybridized carbons (Fsp3) is 0.455. The van der Waals surface area contributed by atoms with Gasteiger partial charge in [-0.05, 0) is 13.8 Å². The van der Waals surface area contributed by atoms with E-state index >= 15 is 0 Å². The molecule has 0 bridgehead atoms. The van der Waals surface area contributed by atoms with Crippen LogP contribution in [-0.2, 0) is 19.1 Å². The lowest BCUT2D eigenvalue weighted by Gasteiger charge is -2.25. The maximum absolute atomic E-state index is 11.1. The van der Waals surface area contributed by atoms with Crippen molar-refractivity contribution in [1.29, 1.82) is 0 Å². The second-order valence-corrected chi connectivity index (χ2v) is 3.63. The molecular weight excluding hydrogens is 228 g/mol. The number of carbonyl (C=O) groups is 2. The Kier molecular flexibility index (Phi) is 5.57. The van der Waals surface area contributed by atoms with Crippen molar-refractivity contribution in [2.45, 2.75) is 19.6 Å². The van der Waals surface area contributed by atoms with Crippen molar-refractivity contribution in [1.82, 2.24) is 0 Å². The van der Waals surface area contributed by atoms with Gasteiger partial charge in [0, 0.05) is 11.1 Å². The Morgan fingerprint density at radius 2 is 1.65 bits per heavy atom. The van der Waals surface area contributed by atoms with Crippen LogP contribution in [-0.4, -0.2) is 41.2 Å². The molecule has 0 aromatic rings. The molecule has 0 rings (SSSR count). The Morgan fingerprint density at radius 3 is 2.00 bits per heavy atom. The molecular formula is C11H16O6. The molecule has 6 nitrogen and oxygen atoms in total. The highest BCUT2D eigenvalue weighted by atomic mass is 16.7. The summed E-state index contributed by atoms with van der Waals surface area (Å²) in [6.07, 6.45) is 0. The number of carbonyl (C=O) groups excluding carboxylic acids is 2. The van der Waals surface area contributed by atoms with Gasteiger partial charge in [-0.1, -0.05) is 13.2 Å². The number of esters is 2. The third kappa shape index (κ3) is 5.28. The predicted octanol–water partition coefficient (Wildman–Crippen LogP) is -0.0941. The zero-order valence-electron chi connectivity index (χ0n) is 9.86. The third-order valence-electron chi connectivity index (χ3n) is 1.66. The molecule has 0 aliphatic heterocycles. The highest BCUT2D eigenvalue weighted by Gasteiger charge is 2.33. The van der Waals surface area contributed by atoms with Gasteiger partial charge in [-0.3, -0.25) is 0 Å². The Morgan fingerprint density at radius 1 is 1.18 bits per heavy atom. The minimum Gasteiger partial charge on any atom is -0.455 e. The molecule has 17 heavy (non-hydrogen) atoms. The normalized spacial score (nSPS) is 13.4. The summed E-state index contributed by atoms with van der Waals surface area (Å²) < 4.78 is 9.12. The second-order valence-electron chi connectivity index (χ2n) is 3.63. The first-order valence-corrected chi connectivity index (χ1v) is 4.76. The van der Waals surface area contributed by atoms with Crippen LogP contribution >= 0.6 is 0 Å². The van der Waals surface area contributed by atoms with Crippen molar-refractivity contribution in [2.24, 2.45) is 0 Å². The monoisotopic (exact) mass is 244 g/mol. The highest BCUT2D eigenvalue weighted by molar-refractivity contribution is 5.87. The fourth-order valence-electron chi connectivity index (χ4n) is 0.669. The minimum absolute atomic E-state index is 0.0445. The van der Waals surface area contributed by atoms with E-state index in [-0.39, 0.29) is 11.1 Å². The van der Waals surface area contributed by atoms with Gasteiger partial charge in [-0.2, -0.15) is 0 Å². The fourth-order valence-corrected chi connectivity index (χ4v) is 0.669. The van der Waals surface area contributed by atoms with Gasteiger partial charge in [-0.15, -0.1) is 0 Å². The van der Waals surface area contributed by atoms with E-state index < -0.39 is 30.9 Å².